The summed E-state index contributed by atoms with van der Waals surface area (Å²) in [6, 6.07) is 11.2. The monoisotopic (exact) mass is 438 g/mol. The maximum absolute atomic E-state index is 12.8. The van der Waals surface area contributed by atoms with Crippen molar-refractivity contribution in [3.63, 3.8) is 0 Å². The summed E-state index contributed by atoms with van der Waals surface area (Å²) in [5, 5.41) is 12.3. The van der Waals surface area contributed by atoms with Crippen LogP contribution in [-0.2, 0) is 6.54 Å². The van der Waals surface area contributed by atoms with Crippen LogP contribution in [0.25, 0.3) is 33.1 Å². The molecule has 2 aromatic carbocycles. The van der Waals surface area contributed by atoms with Crippen LogP contribution in [0, 0.1) is 0 Å². The molecule has 0 aliphatic carbocycles. The van der Waals surface area contributed by atoms with E-state index in [0.717, 1.165) is 25.9 Å². The summed E-state index contributed by atoms with van der Waals surface area (Å²) >= 11 is 6.09. The van der Waals surface area contributed by atoms with Gasteiger partial charge in [0, 0.05) is 27.4 Å². The molecule has 4 aromatic rings. The molecule has 0 saturated carbocycles. The van der Waals surface area contributed by atoms with Gasteiger partial charge in [-0.2, -0.15) is 0 Å². The van der Waals surface area contributed by atoms with E-state index in [1.807, 2.05) is 0 Å². The fraction of sp³-hybridized carbons (Fsp3) is 0.250. The number of nitrogens with one attached hydrogen (secondary N) is 1. The predicted octanol–water partition coefficient (Wildman–Crippen LogP) is 3.49. The van der Waals surface area contributed by atoms with E-state index in [4.69, 9.17) is 20.4 Å². The Bertz CT molecular complexity index is 1420. The van der Waals surface area contributed by atoms with Gasteiger partial charge in [-0.15, -0.1) is 0 Å². The fourth-order valence-corrected chi connectivity index (χ4v) is 4.61. The summed E-state index contributed by atoms with van der Waals surface area (Å²) in [5.74, 6) is 0.0863. The van der Waals surface area contributed by atoms with Gasteiger partial charge in [-0.3, -0.25) is 0 Å². The van der Waals surface area contributed by atoms with Crippen molar-refractivity contribution in [3.05, 3.63) is 73.9 Å². The summed E-state index contributed by atoms with van der Waals surface area (Å²) in [4.78, 5) is 26.5. The number of aromatic hydroxyl groups is 1. The molecule has 0 radical (unpaired) electrons. The van der Waals surface area contributed by atoms with Gasteiger partial charge >= 0.3 is 11.3 Å². The first-order chi connectivity index (χ1) is 15.0. The van der Waals surface area contributed by atoms with Crippen LogP contribution in [0.3, 0.4) is 0 Å². The molecule has 158 valence electrons. The molecule has 0 atom stereocenters. The molecule has 0 spiro atoms. The first-order valence-electron chi connectivity index (χ1n) is 10.4. The Morgan fingerprint density at radius 3 is 2.55 bits per heavy atom. The minimum atomic E-state index is -0.589. The minimum absolute atomic E-state index is 0.0863. The van der Waals surface area contributed by atoms with Crippen molar-refractivity contribution >= 4 is 33.5 Å². The van der Waals surface area contributed by atoms with Gasteiger partial charge in [0.2, 0.25) is 0 Å². The van der Waals surface area contributed by atoms with Gasteiger partial charge in [0.25, 0.3) is 0 Å². The van der Waals surface area contributed by atoms with Gasteiger partial charge in [0.05, 0.1) is 24.2 Å². The number of hydrogen-bond acceptors (Lipinski definition) is 5. The molecule has 31 heavy (non-hydrogen) atoms. The number of piperidine rings is 1. The minimum Gasteiger partial charge on any atom is -0.507 e. The molecule has 3 heterocycles. The van der Waals surface area contributed by atoms with Crippen molar-refractivity contribution in [2.75, 3.05) is 13.1 Å². The summed E-state index contributed by atoms with van der Waals surface area (Å²) in [5.41, 5.74) is 0.822. The van der Waals surface area contributed by atoms with Crippen molar-refractivity contribution in [2.45, 2.75) is 25.8 Å². The van der Waals surface area contributed by atoms with E-state index in [2.05, 4.69) is 0 Å². The van der Waals surface area contributed by atoms with Crippen molar-refractivity contribution < 1.29 is 18.8 Å². The Kier molecular flexibility index (Phi) is 5.04. The normalized spacial score (nSPS) is 15.0. The molecule has 1 aliphatic rings. The SMILES string of the molecule is O=c1cc(-c2cc3cc(Cl)ccc3oc2=O)c2ccc(O)c(C[NH+]3CCCCC3)c2o1. The number of rotatable bonds is 3. The predicted molar refractivity (Wildman–Crippen MR) is 119 cm³/mol. The average molecular weight is 439 g/mol. The summed E-state index contributed by atoms with van der Waals surface area (Å²) < 4.78 is 11.0. The molecule has 1 aliphatic heterocycles. The summed E-state index contributed by atoms with van der Waals surface area (Å²) in [6.45, 7) is 2.57. The van der Waals surface area contributed by atoms with Gasteiger partial charge in [0.1, 0.15) is 17.9 Å². The van der Waals surface area contributed by atoms with Gasteiger partial charge in [0.15, 0.2) is 5.58 Å². The number of fused-ring (bicyclic) bond motifs is 2. The van der Waals surface area contributed by atoms with Crippen LogP contribution >= 0.6 is 11.6 Å². The van der Waals surface area contributed by atoms with E-state index < -0.39 is 11.3 Å². The van der Waals surface area contributed by atoms with E-state index in [1.54, 1.807) is 36.4 Å². The number of quaternary nitrogens is 1. The smallest absolute Gasteiger partial charge is 0.344 e. The van der Waals surface area contributed by atoms with Crippen LogP contribution in [-0.4, -0.2) is 18.2 Å². The van der Waals surface area contributed by atoms with E-state index in [0.29, 0.717) is 44.6 Å². The number of phenolic OH excluding ortho intramolecular Hbond substituents is 1. The molecule has 7 heteroatoms. The summed E-state index contributed by atoms with van der Waals surface area (Å²) in [7, 11) is 0. The van der Waals surface area contributed by atoms with Crippen LogP contribution in [0.4, 0.5) is 0 Å². The highest BCUT2D eigenvalue weighted by Gasteiger charge is 2.22. The second-order valence-corrected chi connectivity index (χ2v) is 8.47. The Hall–Kier alpha value is -3.09. The number of hydrogen-bond donors (Lipinski definition) is 2. The first-order valence-corrected chi connectivity index (χ1v) is 10.7. The molecule has 1 saturated heterocycles. The Labute approximate surface area is 182 Å². The molecule has 0 bridgehead atoms. The third-order valence-corrected chi connectivity index (χ3v) is 6.20. The summed E-state index contributed by atoms with van der Waals surface area (Å²) in [6.07, 6.45) is 3.49. The molecule has 0 amide bonds. The lowest BCUT2D eigenvalue weighted by Crippen LogP contribution is -3.11. The van der Waals surface area contributed by atoms with Crippen LogP contribution in [0.1, 0.15) is 24.8 Å². The highest BCUT2D eigenvalue weighted by molar-refractivity contribution is 6.31. The first kappa shape index (κ1) is 19.8. The maximum Gasteiger partial charge on any atom is 0.344 e. The second kappa shape index (κ2) is 7.87. The van der Waals surface area contributed by atoms with E-state index in [9.17, 15) is 14.7 Å². The number of likely N-dealkylation sites (tertiary alicyclic amines) is 1. The number of halogens is 1. The highest BCUT2D eigenvalue weighted by atomic mass is 35.5. The van der Waals surface area contributed by atoms with Crippen LogP contribution in [0.5, 0.6) is 5.75 Å². The van der Waals surface area contributed by atoms with E-state index in [-0.39, 0.29) is 11.3 Å². The molecule has 2 N–H and O–H groups in total. The average Bonchev–Trinajstić information content (AvgIpc) is 2.76. The lowest BCUT2D eigenvalue weighted by molar-refractivity contribution is -0.918. The molecule has 1 fully saturated rings. The van der Waals surface area contributed by atoms with Crippen molar-refractivity contribution in [1.82, 2.24) is 0 Å². The van der Waals surface area contributed by atoms with Gasteiger partial charge < -0.3 is 18.8 Å². The standard InChI is InChI=1S/C24H20ClNO5/c25-15-4-7-21-14(10-15)11-18(24(29)30-21)17-12-22(28)31-23-16(17)5-6-20(27)19(23)13-26-8-2-1-3-9-26/h4-7,10-12,27H,1-3,8-9,13H2/p+1. The molecule has 0 unspecified atom stereocenters. The van der Waals surface area contributed by atoms with Crippen LogP contribution < -0.4 is 16.2 Å². The van der Waals surface area contributed by atoms with Crippen LogP contribution in [0.15, 0.2) is 60.9 Å². The number of phenols is 1. The van der Waals surface area contributed by atoms with Gasteiger partial charge in [-0.1, -0.05) is 11.6 Å². The highest BCUT2D eigenvalue weighted by Crippen LogP contribution is 2.33. The fourth-order valence-electron chi connectivity index (χ4n) is 4.43. The van der Waals surface area contributed by atoms with Crippen LogP contribution in [0.2, 0.25) is 5.02 Å². The lowest BCUT2D eigenvalue weighted by Gasteiger charge is -2.24. The zero-order valence-electron chi connectivity index (χ0n) is 16.7. The molecular weight excluding hydrogens is 418 g/mol. The number of benzene rings is 2. The van der Waals surface area contributed by atoms with Crippen molar-refractivity contribution in [3.8, 4) is 16.9 Å². The molecule has 2 aromatic heterocycles. The van der Waals surface area contributed by atoms with Crippen molar-refractivity contribution in [2.24, 2.45) is 0 Å². The quantitative estimate of drug-likeness (QED) is 0.478. The largest absolute Gasteiger partial charge is 0.507 e. The zero-order valence-corrected chi connectivity index (χ0v) is 17.5. The van der Waals surface area contributed by atoms with Gasteiger partial charge in [-0.25, -0.2) is 9.59 Å². The second-order valence-electron chi connectivity index (χ2n) is 8.04. The molecule has 5 rings (SSSR count). The molecule has 6 nitrogen and oxygen atoms in total. The van der Waals surface area contributed by atoms with E-state index >= 15 is 0 Å². The third-order valence-electron chi connectivity index (χ3n) is 5.96. The Morgan fingerprint density at radius 2 is 1.74 bits per heavy atom. The van der Waals surface area contributed by atoms with E-state index in [1.165, 1.54) is 17.4 Å². The maximum atomic E-state index is 12.8. The van der Waals surface area contributed by atoms with Gasteiger partial charge in [-0.05, 0) is 55.7 Å². The van der Waals surface area contributed by atoms with Crippen molar-refractivity contribution in [1.29, 1.82) is 0 Å². The third kappa shape index (κ3) is 3.73. The Morgan fingerprint density at radius 1 is 0.935 bits per heavy atom. The zero-order chi connectivity index (χ0) is 21.5. The molecular formula is C24H21ClNO5+. The topological polar surface area (TPSA) is 85.1 Å². The lowest BCUT2D eigenvalue weighted by atomic mass is 9.99. The Balaban J connectivity index is 1.72.